The van der Waals surface area contributed by atoms with Crippen LogP contribution in [0.4, 0.5) is 4.79 Å². The van der Waals surface area contributed by atoms with E-state index in [9.17, 15) is 9.59 Å². The highest BCUT2D eigenvalue weighted by Gasteiger charge is 2.23. The minimum atomic E-state index is -1.08. The van der Waals surface area contributed by atoms with Crippen LogP contribution in [0.15, 0.2) is 24.1 Å². The molecule has 18 heavy (non-hydrogen) atoms. The second-order valence-electron chi connectivity index (χ2n) is 4.73. The fourth-order valence-corrected chi connectivity index (χ4v) is 1.23. The highest BCUT2D eigenvalue weighted by molar-refractivity contribution is 5.80. The van der Waals surface area contributed by atoms with E-state index in [1.54, 1.807) is 20.8 Å². The van der Waals surface area contributed by atoms with E-state index in [0.717, 1.165) is 6.08 Å². The Morgan fingerprint density at radius 3 is 2.72 bits per heavy atom. The zero-order valence-electron chi connectivity index (χ0n) is 10.7. The molecule has 1 aliphatic rings. The Hall–Kier alpha value is -1.98. The molecule has 100 valence electrons. The first kappa shape index (κ1) is 14.1. The van der Waals surface area contributed by atoms with Gasteiger partial charge < -0.3 is 14.6 Å². The molecule has 0 atom stereocenters. The molecule has 0 aromatic carbocycles. The van der Waals surface area contributed by atoms with Crippen molar-refractivity contribution in [1.29, 1.82) is 0 Å². The Bertz CT molecular complexity index is 392. The second-order valence-corrected chi connectivity index (χ2v) is 4.73. The lowest BCUT2D eigenvalue weighted by molar-refractivity contribution is -0.131. The lowest BCUT2D eigenvalue weighted by Crippen LogP contribution is -2.37. The number of carboxylic acid groups (broad SMARTS) is 1. The number of nitrogens with zero attached hydrogens (tertiary/aromatic N) is 1. The van der Waals surface area contributed by atoms with Gasteiger partial charge in [-0.15, -0.1) is 0 Å². The maximum Gasteiger partial charge on any atom is 0.414 e. The smallest absolute Gasteiger partial charge is 0.414 e. The van der Waals surface area contributed by atoms with Crippen molar-refractivity contribution < 1.29 is 24.2 Å². The average molecular weight is 255 g/mol. The molecule has 1 amide bonds. The topological polar surface area (TPSA) is 76.1 Å². The maximum absolute atomic E-state index is 11.8. The molecule has 0 aliphatic carbocycles. The first-order valence-electron chi connectivity index (χ1n) is 5.53. The number of amides is 1. The van der Waals surface area contributed by atoms with E-state index in [2.05, 4.69) is 0 Å². The fourth-order valence-electron chi connectivity index (χ4n) is 1.23. The summed E-state index contributed by atoms with van der Waals surface area (Å²) in [6, 6.07) is 0. The van der Waals surface area contributed by atoms with E-state index < -0.39 is 17.7 Å². The first-order valence-corrected chi connectivity index (χ1v) is 5.53. The lowest BCUT2D eigenvalue weighted by Gasteiger charge is -2.28. The molecule has 1 aliphatic heterocycles. The molecule has 6 heteroatoms. The quantitative estimate of drug-likeness (QED) is 0.760. The van der Waals surface area contributed by atoms with Gasteiger partial charge in [-0.1, -0.05) is 0 Å². The van der Waals surface area contributed by atoms with Gasteiger partial charge >= 0.3 is 12.1 Å². The molecule has 0 saturated carbocycles. The third kappa shape index (κ3) is 4.90. The molecule has 6 nitrogen and oxygen atoms in total. The SMILES string of the molecule is CC(C)(C)OC(=O)N1C=C(C=CC(=O)O)OCC1. The molecule has 0 spiro atoms. The van der Waals surface area contributed by atoms with Gasteiger partial charge in [-0.2, -0.15) is 0 Å². The van der Waals surface area contributed by atoms with Crippen molar-refractivity contribution in [3.05, 3.63) is 24.1 Å². The number of rotatable bonds is 2. The summed E-state index contributed by atoms with van der Waals surface area (Å²) < 4.78 is 10.4. The third-order valence-electron chi connectivity index (χ3n) is 1.90. The van der Waals surface area contributed by atoms with Crippen molar-refractivity contribution in [1.82, 2.24) is 4.90 Å². The van der Waals surface area contributed by atoms with Crippen LogP contribution in [0.3, 0.4) is 0 Å². The van der Waals surface area contributed by atoms with Gasteiger partial charge in [0.1, 0.15) is 18.0 Å². The second kappa shape index (κ2) is 5.57. The Balaban J connectivity index is 2.70. The summed E-state index contributed by atoms with van der Waals surface area (Å²) in [5.74, 6) is -0.761. The summed E-state index contributed by atoms with van der Waals surface area (Å²) in [6.45, 7) is 6.01. The van der Waals surface area contributed by atoms with E-state index in [4.69, 9.17) is 14.6 Å². The largest absolute Gasteiger partial charge is 0.490 e. The molecule has 0 bridgehead atoms. The lowest BCUT2D eigenvalue weighted by atomic mass is 10.2. The van der Waals surface area contributed by atoms with Crippen LogP contribution in [0.25, 0.3) is 0 Å². The van der Waals surface area contributed by atoms with Gasteiger partial charge in [0.05, 0.1) is 12.7 Å². The van der Waals surface area contributed by atoms with Crippen LogP contribution in [0.1, 0.15) is 20.8 Å². The van der Waals surface area contributed by atoms with Gasteiger partial charge in [0.15, 0.2) is 0 Å². The van der Waals surface area contributed by atoms with Gasteiger partial charge in [0.25, 0.3) is 0 Å². The van der Waals surface area contributed by atoms with Crippen LogP contribution in [0.2, 0.25) is 0 Å². The highest BCUT2D eigenvalue weighted by Crippen LogP contribution is 2.14. The Kier molecular flexibility index (Phi) is 4.36. The van der Waals surface area contributed by atoms with Gasteiger partial charge in [-0.25, -0.2) is 9.59 Å². The number of carbonyl (C=O) groups excluding carboxylic acids is 1. The number of carboxylic acids is 1. The van der Waals surface area contributed by atoms with Crippen molar-refractivity contribution in [2.45, 2.75) is 26.4 Å². The van der Waals surface area contributed by atoms with Crippen LogP contribution < -0.4 is 0 Å². The monoisotopic (exact) mass is 255 g/mol. The van der Waals surface area contributed by atoms with Crippen molar-refractivity contribution in [3.63, 3.8) is 0 Å². The van der Waals surface area contributed by atoms with Gasteiger partial charge in [0, 0.05) is 6.08 Å². The fraction of sp³-hybridized carbons (Fsp3) is 0.500. The van der Waals surface area contributed by atoms with Crippen LogP contribution in [0.5, 0.6) is 0 Å². The number of carbonyl (C=O) groups is 2. The minimum absolute atomic E-state index is 0.301. The molecule has 0 radical (unpaired) electrons. The number of ether oxygens (including phenoxy) is 2. The number of aliphatic carboxylic acids is 1. The molecule has 0 saturated heterocycles. The zero-order valence-corrected chi connectivity index (χ0v) is 10.7. The average Bonchev–Trinajstić information content (AvgIpc) is 2.24. The molecule has 0 unspecified atom stereocenters. The van der Waals surface area contributed by atoms with E-state index >= 15 is 0 Å². The van der Waals surface area contributed by atoms with Gasteiger partial charge in [0.2, 0.25) is 0 Å². The normalized spacial score (nSPS) is 16.2. The van der Waals surface area contributed by atoms with Crippen LogP contribution in [0, 0.1) is 0 Å². The summed E-state index contributed by atoms with van der Waals surface area (Å²) in [6.07, 6.45) is 3.19. The predicted octanol–water partition coefficient (Wildman–Crippen LogP) is 1.74. The van der Waals surface area contributed by atoms with Gasteiger partial charge in [-0.3, -0.25) is 4.90 Å². The van der Waals surface area contributed by atoms with E-state index in [-0.39, 0.29) is 0 Å². The summed E-state index contributed by atoms with van der Waals surface area (Å²) in [7, 11) is 0. The van der Waals surface area contributed by atoms with Crippen LogP contribution in [-0.2, 0) is 14.3 Å². The van der Waals surface area contributed by atoms with Gasteiger partial charge in [-0.05, 0) is 26.8 Å². The maximum atomic E-state index is 11.8. The Morgan fingerprint density at radius 1 is 1.50 bits per heavy atom. The van der Waals surface area contributed by atoms with E-state index in [1.165, 1.54) is 17.2 Å². The molecule has 1 N–H and O–H groups in total. The molecule has 0 aromatic rings. The van der Waals surface area contributed by atoms with Crippen molar-refractivity contribution in [2.75, 3.05) is 13.2 Å². The molecule has 1 rings (SSSR count). The molecular formula is C12H17NO5. The summed E-state index contributed by atoms with van der Waals surface area (Å²) in [4.78, 5) is 23.5. The number of allylic oxidation sites excluding steroid dienone is 1. The minimum Gasteiger partial charge on any atom is -0.490 e. The van der Waals surface area contributed by atoms with Crippen molar-refractivity contribution in [3.8, 4) is 0 Å². The first-order chi connectivity index (χ1) is 8.28. The van der Waals surface area contributed by atoms with E-state index in [0.29, 0.717) is 18.9 Å². The number of hydrogen-bond donors (Lipinski definition) is 1. The van der Waals surface area contributed by atoms with Crippen molar-refractivity contribution in [2.24, 2.45) is 0 Å². The van der Waals surface area contributed by atoms with E-state index in [1.807, 2.05) is 0 Å². The zero-order chi connectivity index (χ0) is 13.8. The Morgan fingerprint density at radius 2 is 2.17 bits per heavy atom. The summed E-state index contributed by atoms with van der Waals surface area (Å²) in [5, 5.41) is 8.50. The van der Waals surface area contributed by atoms with Crippen LogP contribution >= 0.6 is 0 Å². The predicted molar refractivity (Wildman–Crippen MR) is 63.8 cm³/mol. The summed E-state index contributed by atoms with van der Waals surface area (Å²) in [5.41, 5.74) is -0.569. The van der Waals surface area contributed by atoms with Crippen molar-refractivity contribution >= 4 is 12.1 Å². The standard InChI is InChI=1S/C12H17NO5/c1-12(2,3)18-11(16)13-6-7-17-9(8-13)4-5-10(14)15/h4-5,8H,6-7H2,1-3H3,(H,14,15). The summed E-state index contributed by atoms with van der Waals surface area (Å²) >= 11 is 0. The number of hydrogen-bond acceptors (Lipinski definition) is 4. The molecular weight excluding hydrogens is 238 g/mol. The molecule has 0 aromatic heterocycles. The highest BCUT2D eigenvalue weighted by atomic mass is 16.6. The molecule has 1 heterocycles. The van der Waals surface area contributed by atoms with Crippen LogP contribution in [-0.4, -0.2) is 40.8 Å². The Labute approximate surface area is 105 Å². The third-order valence-corrected chi connectivity index (χ3v) is 1.90. The molecule has 0 fully saturated rings.